The standard InChI is InChI=1S/C21H32N4O/c1-16-7-6-8-17(9-16)18(22(2)3)19(26)25-14-20-10-23(4)11-21(20,15-25)13-24(5)12-20/h6-9,18H,10-15H2,1-5H3/t18-,20?,21?/m1/s1. The molecule has 142 valence electrons. The topological polar surface area (TPSA) is 30.0 Å². The maximum atomic E-state index is 13.6. The molecule has 0 aliphatic carbocycles. The lowest BCUT2D eigenvalue weighted by Crippen LogP contribution is -2.44. The summed E-state index contributed by atoms with van der Waals surface area (Å²) in [5.41, 5.74) is 2.80. The second-order valence-corrected chi connectivity index (χ2v) is 9.38. The summed E-state index contributed by atoms with van der Waals surface area (Å²) in [5, 5.41) is 0. The van der Waals surface area contributed by atoms with Crippen LogP contribution in [-0.4, -0.2) is 93.0 Å². The van der Waals surface area contributed by atoms with E-state index in [9.17, 15) is 4.79 Å². The molecular formula is C21H32N4O. The van der Waals surface area contributed by atoms with E-state index in [4.69, 9.17) is 0 Å². The Bertz CT molecular complexity index is 678. The number of carbonyl (C=O) groups excluding carboxylic acids is 1. The number of likely N-dealkylation sites (tertiary alicyclic amines) is 3. The molecule has 3 saturated heterocycles. The Hall–Kier alpha value is -1.43. The van der Waals surface area contributed by atoms with E-state index in [2.05, 4.69) is 64.9 Å². The predicted molar refractivity (Wildman–Crippen MR) is 104 cm³/mol. The van der Waals surface area contributed by atoms with Crippen molar-refractivity contribution in [1.29, 1.82) is 0 Å². The lowest BCUT2D eigenvalue weighted by Gasteiger charge is -2.32. The van der Waals surface area contributed by atoms with Gasteiger partial charge in [0, 0.05) is 50.1 Å². The van der Waals surface area contributed by atoms with Crippen LogP contribution in [0.2, 0.25) is 0 Å². The number of aryl methyl sites for hydroxylation is 1. The molecule has 1 aromatic carbocycles. The fourth-order valence-electron chi connectivity index (χ4n) is 6.10. The summed E-state index contributed by atoms with van der Waals surface area (Å²) in [4.78, 5) is 22.8. The summed E-state index contributed by atoms with van der Waals surface area (Å²) in [6.07, 6.45) is 0. The summed E-state index contributed by atoms with van der Waals surface area (Å²) >= 11 is 0. The zero-order valence-corrected chi connectivity index (χ0v) is 16.8. The number of rotatable bonds is 3. The van der Waals surface area contributed by atoms with Crippen molar-refractivity contribution in [2.24, 2.45) is 10.8 Å². The first kappa shape index (κ1) is 18.0. The predicted octanol–water partition coefficient (Wildman–Crippen LogP) is 1.30. The first-order valence-corrected chi connectivity index (χ1v) is 9.64. The lowest BCUT2D eigenvalue weighted by atomic mass is 9.71. The van der Waals surface area contributed by atoms with Crippen molar-refractivity contribution < 1.29 is 4.79 Å². The van der Waals surface area contributed by atoms with Crippen LogP contribution in [0.3, 0.4) is 0 Å². The second kappa shape index (κ2) is 6.04. The van der Waals surface area contributed by atoms with Crippen LogP contribution >= 0.6 is 0 Å². The molecule has 0 N–H and O–H groups in total. The SMILES string of the molecule is Cc1cccc([C@H](C(=O)N2CC34CN(C)CC3(CN(C)C4)C2)N(C)C)c1. The van der Waals surface area contributed by atoms with Gasteiger partial charge in [-0.1, -0.05) is 29.8 Å². The smallest absolute Gasteiger partial charge is 0.244 e. The molecule has 5 nitrogen and oxygen atoms in total. The van der Waals surface area contributed by atoms with Crippen molar-refractivity contribution in [3.8, 4) is 0 Å². The highest BCUT2D eigenvalue weighted by molar-refractivity contribution is 5.84. The first-order valence-electron chi connectivity index (χ1n) is 9.64. The molecule has 3 aliphatic heterocycles. The summed E-state index contributed by atoms with van der Waals surface area (Å²) in [6, 6.07) is 8.19. The van der Waals surface area contributed by atoms with E-state index in [-0.39, 0.29) is 22.8 Å². The van der Waals surface area contributed by atoms with Gasteiger partial charge in [0.1, 0.15) is 6.04 Å². The number of benzene rings is 1. The summed E-state index contributed by atoms with van der Waals surface area (Å²) in [7, 11) is 8.49. The fourth-order valence-corrected chi connectivity index (χ4v) is 6.10. The van der Waals surface area contributed by atoms with E-state index in [1.54, 1.807) is 0 Å². The molecule has 0 unspecified atom stereocenters. The van der Waals surface area contributed by atoms with Gasteiger partial charge in [-0.3, -0.25) is 9.69 Å². The number of likely N-dealkylation sites (N-methyl/N-ethyl adjacent to an activating group) is 1. The van der Waals surface area contributed by atoms with Crippen LogP contribution in [0.25, 0.3) is 0 Å². The molecule has 1 amide bonds. The van der Waals surface area contributed by atoms with Gasteiger partial charge in [-0.25, -0.2) is 0 Å². The Kier molecular flexibility index (Phi) is 4.17. The van der Waals surface area contributed by atoms with Crippen LogP contribution in [0.5, 0.6) is 0 Å². The van der Waals surface area contributed by atoms with Crippen molar-refractivity contribution in [2.45, 2.75) is 13.0 Å². The van der Waals surface area contributed by atoms with Crippen molar-refractivity contribution in [1.82, 2.24) is 19.6 Å². The Morgan fingerprint density at radius 2 is 1.54 bits per heavy atom. The number of hydrogen-bond donors (Lipinski definition) is 0. The number of hydrogen-bond acceptors (Lipinski definition) is 4. The lowest BCUT2D eigenvalue weighted by molar-refractivity contribution is -0.136. The fraction of sp³-hybridized carbons (Fsp3) is 0.667. The quantitative estimate of drug-likeness (QED) is 0.817. The molecule has 1 atom stereocenters. The highest BCUT2D eigenvalue weighted by atomic mass is 16.2. The maximum Gasteiger partial charge on any atom is 0.244 e. The van der Waals surface area contributed by atoms with Gasteiger partial charge < -0.3 is 14.7 Å². The average Bonchev–Trinajstić information content (AvgIpc) is 3.01. The number of nitrogens with zero attached hydrogens (tertiary/aromatic N) is 4. The molecule has 0 spiro atoms. The Balaban J connectivity index is 1.61. The van der Waals surface area contributed by atoms with Crippen molar-refractivity contribution >= 4 is 5.91 Å². The van der Waals surface area contributed by atoms with E-state index in [0.29, 0.717) is 0 Å². The minimum absolute atomic E-state index is 0.197. The van der Waals surface area contributed by atoms with Gasteiger partial charge in [0.05, 0.1) is 0 Å². The first-order chi connectivity index (χ1) is 12.3. The molecule has 26 heavy (non-hydrogen) atoms. The van der Waals surface area contributed by atoms with E-state index >= 15 is 0 Å². The summed E-state index contributed by atoms with van der Waals surface area (Å²) in [6.45, 7) is 8.33. The third-order valence-electron chi connectivity index (χ3n) is 6.82. The largest absolute Gasteiger partial charge is 0.340 e. The van der Waals surface area contributed by atoms with E-state index in [1.165, 1.54) is 5.56 Å². The van der Waals surface area contributed by atoms with Crippen molar-refractivity contribution in [3.05, 3.63) is 35.4 Å². The van der Waals surface area contributed by atoms with E-state index in [0.717, 1.165) is 44.8 Å². The van der Waals surface area contributed by atoms with Gasteiger partial charge in [0.25, 0.3) is 0 Å². The molecule has 3 fully saturated rings. The van der Waals surface area contributed by atoms with Gasteiger partial charge in [-0.2, -0.15) is 0 Å². The molecule has 0 saturated carbocycles. The molecule has 1 aromatic rings. The van der Waals surface area contributed by atoms with Crippen LogP contribution in [0, 0.1) is 17.8 Å². The molecule has 3 aliphatic rings. The van der Waals surface area contributed by atoms with Crippen LogP contribution in [0.15, 0.2) is 24.3 Å². The van der Waals surface area contributed by atoms with Gasteiger partial charge >= 0.3 is 0 Å². The summed E-state index contributed by atoms with van der Waals surface area (Å²) in [5.74, 6) is 0.265. The Morgan fingerprint density at radius 3 is 2.00 bits per heavy atom. The summed E-state index contributed by atoms with van der Waals surface area (Å²) < 4.78 is 0. The van der Waals surface area contributed by atoms with Crippen LogP contribution in [0.4, 0.5) is 0 Å². The van der Waals surface area contributed by atoms with Crippen LogP contribution < -0.4 is 0 Å². The number of carbonyl (C=O) groups is 1. The maximum absolute atomic E-state index is 13.6. The molecule has 0 radical (unpaired) electrons. The van der Waals surface area contributed by atoms with Gasteiger partial charge in [-0.15, -0.1) is 0 Å². The zero-order valence-electron chi connectivity index (χ0n) is 16.8. The molecule has 0 aromatic heterocycles. The Labute approximate surface area is 157 Å². The van der Waals surface area contributed by atoms with Gasteiger partial charge in [0.15, 0.2) is 0 Å². The highest BCUT2D eigenvalue weighted by Crippen LogP contribution is 2.56. The van der Waals surface area contributed by atoms with Crippen molar-refractivity contribution in [2.75, 3.05) is 67.5 Å². The van der Waals surface area contributed by atoms with Crippen LogP contribution in [-0.2, 0) is 4.79 Å². The number of amides is 1. The van der Waals surface area contributed by atoms with Crippen LogP contribution in [0.1, 0.15) is 17.2 Å². The normalized spacial score (nSPS) is 32.9. The molecule has 4 rings (SSSR count). The van der Waals surface area contributed by atoms with Gasteiger partial charge in [-0.05, 0) is 40.7 Å². The molecule has 0 bridgehead atoms. The zero-order chi connectivity index (χ0) is 18.7. The molecular weight excluding hydrogens is 324 g/mol. The minimum Gasteiger partial charge on any atom is -0.340 e. The second-order valence-electron chi connectivity index (χ2n) is 9.38. The van der Waals surface area contributed by atoms with Gasteiger partial charge in [0.2, 0.25) is 5.91 Å². The average molecular weight is 357 g/mol. The third-order valence-corrected chi connectivity index (χ3v) is 6.82. The van der Waals surface area contributed by atoms with Crippen molar-refractivity contribution in [3.63, 3.8) is 0 Å². The third kappa shape index (κ3) is 2.60. The van der Waals surface area contributed by atoms with E-state index in [1.807, 2.05) is 14.1 Å². The van der Waals surface area contributed by atoms with E-state index < -0.39 is 0 Å². The molecule has 5 heteroatoms. The minimum atomic E-state index is -0.197. The highest BCUT2D eigenvalue weighted by Gasteiger charge is 2.66. The molecule has 3 heterocycles. The monoisotopic (exact) mass is 356 g/mol. The Morgan fingerprint density at radius 1 is 1.00 bits per heavy atom.